The van der Waals surface area contributed by atoms with Gasteiger partial charge in [-0.2, -0.15) is 0 Å². The molecular formula is C11H13ClO4. The lowest BCUT2D eigenvalue weighted by atomic mass is 10.2. The standard InChI is InChI=1S/C11H13ClO4/c1-3-15-9-6-8(12)10(16-4-2)5-7(9)11(13)14/h5-6H,3-4H2,1-2H3,(H,13,14). The molecule has 5 heteroatoms. The Labute approximate surface area is 98.7 Å². The van der Waals surface area contributed by atoms with Crippen molar-refractivity contribution in [2.45, 2.75) is 13.8 Å². The number of carboxylic acids is 1. The Bertz CT molecular complexity index is 390. The van der Waals surface area contributed by atoms with E-state index in [2.05, 4.69) is 0 Å². The summed E-state index contributed by atoms with van der Waals surface area (Å²) >= 11 is 5.92. The molecule has 0 spiro atoms. The van der Waals surface area contributed by atoms with Gasteiger partial charge in [0.2, 0.25) is 0 Å². The van der Waals surface area contributed by atoms with E-state index in [1.165, 1.54) is 12.1 Å². The fourth-order valence-corrected chi connectivity index (χ4v) is 1.45. The summed E-state index contributed by atoms with van der Waals surface area (Å²) in [6.07, 6.45) is 0. The second-order valence-corrected chi connectivity index (χ2v) is 3.36. The fraction of sp³-hybridized carbons (Fsp3) is 0.364. The average molecular weight is 245 g/mol. The first kappa shape index (κ1) is 12.6. The zero-order valence-electron chi connectivity index (χ0n) is 9.12. The maximum absolute atomic E-state index is 11.0. The minimum absolute atomic E-state index is 0.0506. The third kappa shape index (κ3) is 2.79. The van der Waals surface area contributed by atoms with Crippen molar-refractivity contribution in [3.8, 4) is 11.5 Å². The van der Waals surface area contributed by atoms with Crippen LogP contribution in [0, 0.1) is 0 Å². The Morgan fingerprint density at radius 2 is 1.81 bits per heavy atom. The quantitative estimate of drug-likeness (QED) is 0.865. The van der Waals surface area contributed by atoms with Crippen LogP contribution in [0.1, 0.15) is 24.2 Å². The summed E-state index contributed by atoms with van der Waals surface area (Å²) in [5, 5.41) is 9.34. The van der Waals surface area contributed by atoms with Gasteiger partial charge in [-0.15, -0.1) is 0 Å². The first-order chi connectivity index (χ1) is 7.60. The van der Waals surface area contributed by atoms with Gasteiger partial charge < -0.3 is 14.6 Å². The predicted octanol–water partition coefficient (Wildman–Crippen LogP) is 2.84. The van der Waals surface area contributed by atoms with Crippen LogP contribution in [0.4, 0.5) is 0 Å². The molecule has 1 aromatic rings. The molecular weight excluding hydrogens is 232 g/mol. The van der Waals surface area contributed by atoms with Gasteiger partial charge in [0, 0.05) is 6.07 Å². The van der Waals surface area contributed by atoms with Crippen molar-refractivity contribution < 1.29 is 19.4 Å². The smallest absolute Gasteiger partial charge is 0.339 e. The molecule has 0 amide bonds. The van der Waals surface area contributed by atoms with Crippen LogP contribution in [0.5, 0.6) is 11.5 Å². The molecule has 1 N–H and O–H groups in total. The highest BCUT2D eigenvalue weighted by Gasteiger charge is 2.15. The summed E-state index contributed by atoms with van der Waals surface area (Å²) in [7, 11) is 0. The Balaban J connectivity index is 3.19. The first-order valence-electron chi connectivity index (χ1n) is 4.92. The largest absolute Gasteiger partial charge is 0.493 e. The second-order valence-electron chi connectivity index (χ2n) is 2.95. The van der Waals surface area contributed by atoms with Crippen molar-refractivity contribution in [1.29, 1.82) is 0 Å². The van der Waals surface area contributed by atoms with Crippen molar-refractivity contribution in [1.82, 2.24) is 0 Å². The van der Waals surface area contributed by atoms with Crippen molar-refractivity contribution in [3.05, 3.63) is 22.7 Å². The number of halogens is 1. The van der Waals surface area contributed by atoms with Gasteiger partial charge in [-0.1, -0.05) is 11.6 Å². The van der Waals surface area contributed by atoms with Crippen LogP contribution >= 0.6 is 11.6 Å². The van der Waals surface area contributed by atoms with Gasteiger partial charge in [0.05, 0.1) is 18.2 Å². The zero-order valence-corrected chi connectivity index (χ0v) is 9.87. The minimum atomic E-state index is -1.07. The van der Waals surface area contributed by atoms with E-state index in [1.54, 1.807) is 13.8 Å². The Morgan fingerprint density at radius 1 is 1.25 bits per heavy atom. The van der Waals surface area contributed by atoms with E-state index in [4.69, 9.17) is 26.2 Å². The number of benzene rings is 1. The Kier molecular flexibility index (Phi) is 4.43. The third-order valence-corrected chi connectivity index (χ3v) is 2.16. The summed E-state index contributed by atoms with van der Waals surface area (Å²) < 4.78 is 10.4. The summed E-state index contributed by atoms with van der Waals surface area (Å²) in [6, 6.07) is 2.83. The van der Waals surface area contributed by atoms with E-state index < -0.39 is 5.97 Å². The minimum Gasteiger partial charge on any atom is -0.493 e. The van der Waals surface area contributed by atoms with Gasteiger partial charge in [0.15, 0.2) is 0 Å². The maximum atomic E-state index is 11.0. The average Bonchev–Trinajstić information content (AvgIpc) is 2.22. The number of rotatable bonds is 5. The molecule has 0 saturated heterocycles. The molecule has 0 aromatic heterocycles. The second kappa shape index (κ2) is 5.61. The van der Waals surface area contributed by atoms with Crippen LogP contribution < -0.4 is 9.47 Å². The molecule has 1 aromatic carbocycles. The van der Waals surface area contributed by atoms with E-state index in [0.717, 1.165) is 0 Å². The summed E-state index contributed by atoms with van der Waals surface area (Å²) in [6.45, 7) is 4.38. The molecule has 0 bridgehead atoms. The maximum Gasteiger partial charge on any atom is 0.339 e. The molecule has 4 nitrogen and oxygen atoms in total. The highest BCUT2D eigenvalue weighted by atomic mass is 35.5. The number of aromatic carboxylic acids is 1. The molecule has 1 rings (SSSR count). The number of carboxylic acid groups (broad SMARTS) is 1. The van der Waals surface area contributed by atoms with E-state index >= 15 is 0 Å². The number of hydrogen-bond acceptors (Lipinski definition) is 3. The van der Waals surface area contributed by atoms with Crippen LogP contribution in [0.15, 0.2) is 12.1 Å². The van der Waals surface area contributed by atoms with Crippen LogP contribution in [-0.4, -0.2) is 24.3 Å². The zero-order chi connectivity index (χ0) is 12.1. The summed E-state index contributed by atoms with van der Waals surface area (Å²) in [5.41, 5.74) is 0.0506. The van der Waals surface area contributed by atoms with Crippen molar-refractivity contribution >= 4 is 17.6 Å². The number of ether oxygens (including phenoxy) is 2. The van der Waals surface area contributed by atoms with Gasteiger partial charge in [-0.3, -0.25) is 0 Å². The monoisotopic (exact) mass is 244 g/mol. The molecule has 16 heavy (non-hydrogen) atoms. The molecule has 0 aliphatic carbocycles. The molecule has 0 aliphatic heterocycles. The van der Waals surface area contributed by atoms with Gasteiger partial charge in [-0.05, 0) is 19.9 Å². The van der Waals surface area contributed by atoms with E-state index in [0.29, 0.717) is 24.0 Å². The fourth-order valence-electron chi connectivity index (χ4n) is 1.24. The SMILES string of the molecule is CCOc1cc(C(=O)O)c(OCC)cc1Cl. The predicted molar refractivity (Wildman–Crippen MR) is 60.7 cm³/mol. The lowest BCUT2D eigenvalue weighted by Crippen LogP contribution is -2.04. The Morgan fingerprint density at radius 3 is 2.31 bits per heavy atom. The molecule has 0 fully saturated rings. The first-order valence-corrected chi connectivity index (χ1v) is 5.30. The van der Waals surface area contributed by atoms with Gasteiger partial charge in [0.1, 0.15) is 17.1 Å². The molecule has 0 saturated carbocycles. The number of carbonyl (C=O) groups is 1. The molecule has 88 valence electrons. The van der Waals surface area contributed by atoms with Crippen LogP contribution in [0.2, 0.25) is 5.02 Å². The molecule has 0 unspecified atom stereocenters. The van der Waals surface area contributed by atoms with Crippen LogP contribution in [0.25, 0.3) is 0 Å². The molecule has 0 heterocycles. The normalized spacial score (nSPS) is 9.94. The number of hydrogen-bond donors (Lipinski definition) is 1. The highest BCUT2D eigenvalue weighted by molar-refractivity contribution is 6.32. The summed E-state index contributed by atoms with van der Waals surface area (Å²) in [4.78, 5) is 11.0. The Hall–Kier alpha value is -1.42. The van der Waals surface area contributed by atoms with Crippen molar-refractivity contribution in [3.63, 3.8) is 0 Å². The van der Waals surface area contributed by atoms with E-state index in [-0.39, 0.29) is 11.3 Å². The molecule has 0 aliphatic rings. The van der Waals surface area contributed by atoms with Crippen molar-refractivity contribution in [2.24, 2.45) is 0 Å². The van der Waals surface area contributed by atoms with Gasteiger partial charge in [0.25, 0.3) is 0 Å². The third-order valence-electron chi connectivity index (χ3n) is 1.86. The van der Waals surface area contributed by atoms with Crippen LogP contribution in [-0.2, 0) is 0 Å². The van der Waals surface area contributed by atoms with E-state index in [1.807, 2.05) is 0 Å². The molecule has 0 radical (unpaired) electrons. The van der Waals surface area contributed by atoms with Crippen molar-refractivity contribution in [2.75, 3.05) is 13.2 Å². The molecule has 0 atom stereocenters. The van der Waals surface area contributed by atoms with Gasteiger partial charge >= 0.3 is 5.97 Å². The highest BCUT2D eigenvalue weighted by Crippen LogP contribution is 2.32. The van der Waals surface area contributed by atoms with Gasteiger partial charge in [-0.25, -0.2) is 4.79 Å². The van der Waals surface area contributed by atoms with E-state index in [9.17, 15) is 4.79 Å². The van der Waals surface area contributed by atoms with Crippen LogP contribution in [0.3, 0.4) is 0 Å². The lowest BCUT2D eigenvalue weighted by molar-refractivity contribution is 0.0692. The lowest BCUT2D eigenvalue weighted by Gasteiger charge is -2.11. The topological polar surface area (TPSA) is 55.8 Å². The summed E-state index contributed by atoms with van der Waals surface area (Å²) in [5.74, 6) is -0.463.